The van der Waals surface area contributed by atoms with Gasteiger partial charge in [0.25, 0.3) is 5.91 Å². The van der Waals surface area contributed by atoms with Crippen LogP contribution in [-0.4, -0.2) is 62.2 Å². The Bertz CT molecular complexity index is 674. The normalized spacial score (nSPS) is 22.3. The molecule has 2 aliphatic heterocycles. The number of piperidine rings is 1. The van der Waals surface area contributed by atoms with Crippen molar-refractivity contribution in [3.8, 4) is 5.75 Å². The summed E-state index contributed by atoms with van der Waals surface area (Å²) < 4.78 is 28.5. The Hall–Kier alpha value is -1.38. The molecule has 24 heavy (non-hydrogen) atoms. The molecule has 7 nitrogen and oxygen atoms in total. The Labute approximate surface area is 148 Å². The van der Waals surface area contributed by atoms with E-state index in [2.05, 4.69) is 10.3 Å². The third-order valence-corrected chi connectivity index (χ3v) is 5.31. The predicted octanol–water partition coefficient (Wildman–Crippen LogP) is 0.639. The number of halogens is 1. The molecule has 2 fully saturated rings. The number of nitrogens with zero attached hydrogens (tertiary/aromatic N) is 2. The summed E-state index contributed by atoms with van der Waals surface area (Å²) in [4.78, 5) is 18.3. The minimum atomic E-state index is -3.33. The van der Waals surface area contributed by atoms with Gasteiger partial charge in [0.15, 0.2) is 21.0 Å². The zero-order chi connectivity index (χ0) is 16.4. The topological polar surface area (TPSA) is 88.6 Å². The number of aromatic nitrogens is 1. The lowest BCUT2D eigenvalue weighted by molar-refractivity contribution is -0.135. The van der Waals surface area contributed by atoms with E-state index in [0.717, 1.165) is 32.2 Å². The van der Waals surface area contributed by atoms with Gasteiger partial charge in [-0.25, -0.2) is 13.4 Å². The van der Waals surface area contributed by atoms with Gasteiger partial charge < -0.3 is 15.0 Å². The molecular formula is C15H22ClN3O4S. The molecule has 1 aromatic heterocycles. The molecule has 1 aromatic rings. The summed E-state index contributed by atoms with van der Waals surface area (Å²) in [5.74, 6) is 0.437. The molecule has 1 amide bonds. The quantitative estimate of drug-likeness (QED) is 0.830. The van der Waals surface area contributed by atoms with E-state index in [9.17, 15) is 13.2 Å². The van der Waals surface area contributed by atoms with E-state index in [4.69, 9.17) is 4.74 Å². The lowest BCUT2D eigenvalue weighted by Gasteiger charge is -2.31. The van der Waals surface area contributed by atoms with Crippen LogP contribution < -0.4 is 10.1 Å². The predicted molar refractivity (Wildman–Crippen MR) is 91.2 cm³/mol. The summed E-state index contributed by atoms with van der Waals surface area (Å²) in [7, 11) is -3.33. The van der Waals surface area contributed by atoms with Crippen molar-refractivity contribution in [1.29, 1.82) is 0 Å². The molecule has 9 heteroatoms. The van der Waals surface area contributed by atoms with Crippen molar-refractivity contribution in [3.05, 3.63) is 18.3 Å². The smallest absolute Gasteiger partial charge is 0.263 e. The van der Waals surface area contributed by atoms with Crippen molar-refractivity contribution in [1.82, 2.24) is 15.2 Å². The number of carbonyl (C=O) groups is 1. The minimum Gasteiger partial charge on any atom is -0.479 e. The molecule has 0 radical (unpaired) electrons. The molecule has 3 rings (SSSR count). The van der Waals surface area contributed by atoms with Gasteiger partial charge in [0, 0.05) is 25.3 Å². The lowest BCUT2D eigenvalue weighted by atomic mass is 10.1. The fourth-order valence-electron chi connectivity index (χ4n) is 3.09. The molecule has 1 N–H and O–H groups in total. The number of amides is 1. The van der Waals surface area contributed by atoms with E-state index in [1.54, 1.807) is 6.07 Å². The highest BCUT2D eigenvalue weighted by molar-refractivity contribution is 7.90. The van der Waals surface area contributed by atoms with Crippen LogP contribution in [-0.2, 0) is 14.6 Å². The maximum atomic E-state index is 12.5. The molecule has 0 bridgehead atoms. The second-order valence-corrected chi connectivity index (χ2v) is 7.97. The van der Waals surface area contributed by atoms with Crippen molar-refractivity contribution in [3.63, 3.8) is 0 Å². The molecule has 1 atom stereocenters. The zero-order valence-electron chi connectivity index (χ0n) is 13.5. The van der Waals surface area contributed by atoms with E-state index in [1.165, 1.54) is 12.3 Å². The summed E-state index contributed by atoms with van der Waals surface area (Å²) in [6, 6.07) is 3.24. The minimum absolute atomic E-state index is 0. The molecule has 0 saturated carbocycles. The first-order valence-electron chi connectivity index (χ1n) is 7.79. The maximum absolute atomic E-state index is 12.5. The monoisotopic (exact) mass is 375 g/mol. The summed E-state index contributed by atoms with van der Waals surface area (Å²) in [5, 5.41) is 3.29. The van der Waals surface area contributed by atoms with Gasteiger partial charge in [0.2, 0.25) is 0 Å². The SMILES string of the molecule is CS(=O)(=O)c1ccc(O[C@H]2CCN(C3CCNCC3)C2=O)cn1.Cl. The Kier molecular flexibility index (Phi) is 6.06. The van der Waals surface area contributed by atoms with E-state index in [1.807, 2.05) is 4.90 Å². The Morgan fingerprint density at radius 3 is 2.54 bits per heavy atom. The highest BCUT2D eigenvalue weighted by Gasteiger charge is 2.37. The van der Waals surface area contributed by atoms with Crippen molar-refractivity contribution in [2.75, 3.05) is 25.9 Å². The number of carbonyl (C=O) groups excluding carboxylic acids is 1. The molecule has 2 saturated heterocycles. The third-order valence-electron chi connectivity index (χ3n) is 4.31. The van der Waals surface area contributed by atoms with E-state index in [-0.39, 0.29) is 23.3 Å². The number of hydrogen-bond acceptors (Lipinski definition) is 6. The van der Waals surface area contributed by atoms with Crippen LogP contribution in [0.5, 0.6) is 5.75 Å². The van der Waals surface area contributed by atoms with Gasteiger partial charge in [0.05, 0.1) is 6.20 Å². The molecule has 0 aliphatic carbocycles. The molecular weight excluding hydrogens is 354 g/mol. The van der Waals surface area contributed by atoms with Crippen molar-refractivity contribution in [2.24, 2.45) is 0 Å². The standard InChI is InChI=1S/C15H21N3O4S.ClH/c1-23(20,21)14-3-2-12(10-17-14)22-13-6-9-18(15(13)19)11-4-7-16-8-5-11;/h2-3,10-11,13,16H,4-9H2,1H3;1H/t13-;/m0./s1. The summed E-state index contributed by atoms with van der Waals surface area (Å²) in [6.45, 7) is 2.59. The molecule has 3 heterocycles. The van der Waals surface area contributed by atoms with Crippen LogP contribution in [0.3, 0.4) is 0 Å². The molecule has 0 aromatic carbocycles. The van der Waals surface area contributed by atoms with Crippen molar-refractivity contribution < 1.29 is 17.9 Å². The highest BCUT2D eigenvalue weighted by atomic mass is 35.5. The summed E-state index contributed by atoms with van der Waals surface area (Å²) in [5.41, 5.74) is 0. The maximum Gasteiger partial charge on any atom is 0.263 e. The van der Waals surface area contributed by atoms with E-state index >= 15 is 0 Å². The fourth-order valence-corrected chi connectivity index (χ4v) is 3.64. The van der Waals surface area contributed by atoms with Crippen LogP contribution in [0.15, 0.2) is 23.4 Å². The Morgan fingerprint density at radius 2 is 1.96 bits per heavy atom. The van der Waals surface area contributed by atoms with Gasteiger partial charge in [-0.05, 0) is 38.1 Å². The average Bonchev–Trinajstić information content (AvgIpc) is 2.89. The summed E-state index contributed by atoms with van der Waals surface area (Å²) >= 11 is 0. The fraction of sp³-hybridized carbons (Fsp3) is 0.600. The van der Waals surface area contributed by atoms with E-state index < -0.39 is 15.9 Å². The number of ether oxygens (including phenoxy) is 1. The van der Waals surface area contributed by atoms with Crippen LogP contribution in [0.25, 0.3) is 0 Å². The van der Waals surface area contributed by atoms with Crippen LogP contribution in [0, 0.1) is 0 Å². The number of likely N-dealkylation sites (tertiary alicyclic amines) is 1. The van der Waals surface area contributed by atoms with Gasteiger partial charge in [0.1, 0.15) is 5.75 Å². The van der Waals surface area contributed by atoms with Gasteiger partial charge in [-0.3, -0.25) is 4.79 Å². The second-order valence-electron chi connectivity index (χ2n) is 6.01. The van der Waals surface area contributed by atoms with Gasteiger partial charge >= 0.3 is 0 Å². The van der Waals surface area contributed by atoms with Crippen LogP contribution >= 0.6 is 12.4 Å². The first kappa shape index (κ1) is 19.0. The summed E-state index contributed by atoms with van der Waals surface area (Å²) in [6.07, 6.45) is 4.56. The second kappa shape index (κ2) is 7.67. The number of pyridine rings is 1. The molecule has 0 unspecified atom stereocenters. The first-order valence-corrected chi connectivity index (χ1v) is 9.68. The van der Waals surface area contributed by atoms with Crippen LogP contribution in [0.2, 0.25) is 0 Å². The number of rotatable bonds is 4. The Morgan fingerprint density at radius 1 is 1.25 bits per heavy atom. The van der Waals surface area contributed by atoms with Crippen LogP contribution in [0.4, 0.5) is 0 Å². The molecule has 134 valence electrons. The third kappa shape index (κ3) is 4.17. The highest BCUT2D eigenvalue weighted by Crippen LogP contribution is 2.24. The molecule has 0 spiro atoms. The first-order chi connectivity index (χ1) is 10.9. The number of nitrogens with one attached hydrogen (secondary N) is 1. The average molecular weight is 376 g/mol. The van der Waals surface area contributed by atoms with Crippen molar-refractivity contribution in [2.45, 2.75) is 36.4 Å². The zero-order valence-corrected chi connectivity index (χ0v) is 15.1. The lowest BCUT2D eigenvalue weighted by Crippen LogP contribution is -2.45. The van der Waals surface area contributed by atoms with Gasteiger partial charge in [-0.15, -0.1) is 12.4 Å². The Balaban J connectivity index is 0.00000208. The van der Waals surface area contributed by atoms with Gasteiger partial charge in [-0.2, -0.15) is 0 Å². The van der Waals surface area contributed by atoms with Crippen molar-refractivity contribution >= 4 is 28.2 Å². The largest absolute Gasteiger partial charge is 0.479 e. The number of hydrogen-bond donors (Lipinski definition) is 1. The van der Waals surface area contributed by atoms with E-state index in [0.29, 0.717) is 24.8 Å². The van der Waals surface area contributed by atoms with Gasteiger partial charge in [-0.1, -0.05) is 0 Å². The molecule has 2 aliphatic rings. The van der Waals surface area contributed by atoms with Crippen LogP contribution in [0.1, 0.15) is 19.3 Å². The number of sulfone groups is 1.